The van der Waals surface area contributed by atoms with E-state index in [9.17, 15) is 9.59 Å². The summed E-state index contributed by atoms with van der Waals surface area (Å²) in [5.41, 5.74) is 1.10. The van der Waals surface area contributed by atoms with Crippen LogP contribution in [0.25, 0.3) is 0 Å². The van der Waals surface area contributed by atoms with Crippen molar-refractivity contribution in [2.75, 3.05) is 6.61 Å². The van der Waals surface area contributed by atoms with Crippen molar-refractivity contribution in [3.63, 3.8) is 0 Å². The first-order valence-corrected chi connectivity index (χ1v) is 9.88. The van der Waals surface area contributed by atoms with Gasteiger partial charge in [0, 0.05) is 17.6 Å². The molecule has 1 aromatic carbocycles. The fourth-order valence-corrected chi connectivity index (χ4v) is 4.85. The predicted molar refractivity (Wildman–Crippen MR) is 100 cm³/mol. The average Bonchev–Trinajstić information content (AvgIpc) is 3.43. The van der Waals surface area contributed by atoms with E-state index in [0.717, 1.165) is 18.4 Å². The van der Waals surface area contributed by atoms with Crippen LogP contribution in [0.5, 0.6) is 0 Å². The molecule has 1 aromatic heterocycles. The van der Waals surface area contributed by atoms with Crippen molar-refractivity contribution in [3.8, 4) is 0 Å². The average molecular weight is 383 g/mol. The highest BCUT2D eigenvalue weighted by Gasteiger charge is 2.61. The Morgan fingerprint density at radius 3 is 2.64 bits per heavy atom. The van der Waals surface area contributed by atoms with E-state index in [1.54, 1.807) is 11.0 Å². The van der Waals surface area contributed by atoms with Crippen LogP contribution in [0.4, 0.5) is 0 Å². The lowest BCUT2D eigenvalue weighted by Gasteiger charge is -2.34. The molecule has 2 aromatic rings. The fourth-order valence-electron chi connectivity index (χ4n) is 4.85. The summed E-state index contributed by atoms with van der Waals surface area (Å²) in [7, 11) is 0. The highest BCUT2D eigenvalue weighted by Crippen LogP contribution is 2.52. The molecule has 148 valence electrons. The molecule has 0 unspecified atom stereocenters. The zero-order valence-corrected chi connectivity index (χ0v) is 16.2. The van der Waals surface area contributed by atoms with E-state index in [1.165, 1.54) is 0 Å². The molecular weight excluding hydrogens is 358 g/mol. The van der Waals surface area contributed by atoms with Gasteiger partial charge in [-0.3, -0.25) is 9.59 Å². The molecule has 0 saturated carbocycles. The zero-order chi connectivity index (χ0) is 19.7. The number of amides is 1. The molecule has 28 heavy (non-hydrogen) atoms. The molecule has 4 rings (SSSR count). The lowest BCUT2D eigenvalue weighted by Crippen LogP contribution is -2.45. The van der Waals surface area contributed by atoms with E-state index in [0.29, 0.717) is 31.6 Å². The quantitative estimate of drug-likeness (QED) is 0.709. The number of ether oxygens (including phenoxy) is 1. The van der Waals surface area contributed by atoms with Gasteiger partial charge in [0.25, 0.3) is 5.91 Å². The maximum absolute atomic E-state index is 13.3. The molecule has 3 heterocycles. The largest absolute Gasteiger partial charge is 0.466 e. The monoisotopic (exact) mass is 383 g/mol. The minimum Gasteiger partial charge on any atom is -0.466 e. The fraction of sp³-hybridized carbons (Fsp3) is 0.550. The van der Waals surface area contributed by atoms with Crippen molar-refractivity contribution in [3.05, 3.63) is 41.7 Å². The number of rotatable bonds is 6. The third kappa shape index (κ3) is 2.96. The van der Waals surface area contributed by atoms with E-state index < -0.39 is 5.41 Å². The Labute approximate surface area is 163 Å². The maximum atomic E-state index is 13.3. The summed E-state index contributed by atoms with van der Waals surface area (Å²) in [6, 6.07) is 7.57. The number of tetrazole rings is 1. The van der Waals surface area contributed by atoms with E-state index >= 15 is 0 Å². The standard InChI is InChI=1S/C20H25N5O3/c1-3-20(19(27)28-4-2)11-16-9-10-17(20)25(16)18(26)15-7-5-14(6-8-15)12-24-13-21-22-23-24/h5-8,13,16-17H,3-4,9-12H2,1-2H3/t16-,17+,20+/m1/s1. The van der Waals surface area contributed by atoms with Crippen LogP contribution < -0.4 is 0 Å². The number of nitrogens with zero attached hydrogens (tertiary/aromatic N) is 5. The Morgan fingerprint density at radius 1 is 1.21 bits per heavy atom. The zero-order valence-electron chi connectivity index (χ0n) is 16.2. The number of hydrogen-bond donors (Lipinski definition) is 0. The van der Waals surface area contributed by atoms with Crippen molar-refractivity contribution in [2.24, 2.45) is 5.41 Å². The van der Waals surface area contributed by atoms with Gasteiger partial charge in [-0.2, -0.15) is 0 Å². The lowest BCUT2D eigenvalue weighted by molar-refractivity contribution is -0.157. The smallest absolute Gasteiger partial charge is 0.314 e. The Balaban J connectivity index is 1.53. The van der Waals surface area contributed by atoms with Gasteiger partial charge in [0.2, 0.25) is 0 Å². The summed E-state index contributed by atoms with van der Waals surface area (Å²) in [4.78, 5) is 27.9. The third-order valence-electron chi connectivity index (χ3n) is 6.22. The SMILES string of the molecule is CCOC(=O)[C@@]1(CC)C[C@H]2CC[C@@H]1N2C(=O)c1ccc(Cn2cnnn2)cc1. The number of carbonyl (C=O) groups excluding carboxylic acids is 2. The normalized spacial score (nSPS) is 25.9. The van der Waals surface area contributed by atoms with E-state index in [1.807, 2.05) is 43.0 Å². The summed E-state index contributed by atoms with van der Waals surface area (Å²) in [6.45, 7) is 4.77. The van der Waals surface area contributed by atoms with Gasteiger partial charge in [0.05, 0.1) is 18.6 Å². The van der Waals surface area contributed by atoms with Crippen LogP contribution in [0.3, 0.4) is 0 Å². The highest BCUT2D eigenvalue weighted by atomic mass is 16.5. The van der Waals surface area contributed by atoms with Crippen LogP contribution in [0.2, 0.25) is 0 Å². The lowest BCUT2D eigenvalue weighted by atomic mass is 9.72. The first-order chi connectivity index (χ1) is 13.6. The third-order valence-corrected chi connectivity index (χ3v) is 6.22. The molecule has 0 spiro atoms. The Hall–Kier alpha value is -2.77. The molecule has 3 atom stereocenters. The molecular formula is C20H25N5O3. The van der Waals surface area contributed by atoms with Crippen molar-refractivity contribution >= 4 is 11.9 Å². The molecule has 8 nitrogen and oxygen atoms in total. The molecule has 0 aliphatic carbocycles. The molecule has 2 aliphatic heterocycles. The molecule has 2 fully saturated rings. The van der Waals surface area contributed by atoms with Crippen LogP contribution in [0.1, 0.15) is 55.5 Å². The molecule has 2 bridgehead atoms. The topological polar surface area (TPSA) is 90.2 Å². The number of carbonyl (C=O) groups is 2. The molecule has 1 amide bonds. The number of esters is 1. The summed E-state index contributed by atoms with van der Waals surface area (Å²) in [6.07, 6.45) is 4.77. The van der Waals surface area contributed by atoms with E-state index in [4.69, 9.17) is 4.74 Å². The molecule has 0 radical (unpaired) electrons. The number of hydrogen-bond acceptors (Lipinski definition) is 6. The van der Waals surface area contributed by atoms with Gasteiger partial charge in [-0.1, -0.05) is 19.1 Å². The second kappa shape index (κ2) is 7.33. The Kier molecular flexibility index (Phi) is 4.87. The van der Waals surface area contributed by atoms with Crippen LogP contribution in [-0.2, 0) is 16.1 Å². The molecule has 2 aliphatic rings. The van der Waals surface area contributed by atoms with Crippen LogP contribution in [0.15, 0.2) is 30.6 Å². The van der Waals surface area contributed by atoms with Gasteiger partial charge >= 0.3 is 5.97 Å². The minimum atomic E-state index is -0.561. The number of fused-ring (bicyclic) bond motifs is 2. The minimum absolute atomic E-state index is 0.00101. The molecule has 0 N–H and O–H groups in total. The summed E-state index contributed by atoms with van der Waals surface area (Å²) in [5.74, 6) is -0.152. The first kappa shape index (κ1) is 18.6. The van der Waals surface area contributed by atoms with Gasteiger partial charge in [-0.25, -0.2) is 4.68 Å². The Bertz CT molecular complexity index is 851. The van der Waals surface area contributed by atoms with E-state index in [2.05, 4.69) is 15.5 Å². The molecule has 2 saturated heterocycles. The van der Waals surface area contributed by atoms with E-state index in [-0.39, 0.29) is 24.0 Å². The highest BCUT2D eigenvalue weighted by molar-refractivity contribution is 5.96. The van der Waals surface area contributed by atoms with Crippen molar-refractivity contribution < 1.29 is 14.3 Å². The van der Waals surface area contributed by atoms with Gasteiger partial charge in [-0.05, 0) is 60.7 Å². The van der Waals surface area contributed by atoms with Crippen molar-refractivity contribution in [1.82, 2.24) is 25.1 Å². The Morgan fingerprint density at radius 2 is 2.00 bits per heavy atom. The number of benzene rings is 1. The van der Waals surface area contributed by atoms with Gasteiger partial charge in [-0.15, -0.1) is 5.10 Å². The van der Waals surface area contributed by atoms with Crippen LogP contribution >= 0.6 is 0 Å². The van der Waals surface area contributed by atoms with Crippen molar-refractivity contribution in [1.29, 1.82) is 0 Å². The summed E-state index contributed by atoms with van der Waals surface area (Å²) in [5, 5.41) is 11.1. The van der Waals surface area contributed by atoms with Gasteiger partial charge < -0.3 is 9.64 Å². The second-order valence-electron chi connectivity index (χ2n) is 7.60. The van der Waals surface area contributed by atoms with Gasteiger partial charge in [0.15, 0.2) is 0 Å². The number of aromatic nitrogens is 4. The predicted octanol–water partition coefficient (Wildman–Crippen LogP) is 2.06. The van der Waals surface area contributed by atoms with Crippen LogP contribution in [-0.4, -0.2) is 55.7 Å². The summed E-state index contributed by atoms with van der Waals surface area (Å²) >= 11 is 0. The molecule has 8 heteroatoms. The van der Waals surface area contributed by atoms with Gasteiger partial charge in [0.1, 0.15) is 6.33 Å². The first-order valence-electron chi connectivity index (χ1n) is 9.88. The maximum Gasteiger partial charge on any atom is 0.314 e. The summed E-state index contributed by atoms with van der Waals surface area (Å²) < 4.78 is 7.01. The second-order valence-corrected chi connectivity index (χ2v) is 7.60. The van der Waals surface area contributed by atoms with Crippen LogP contribution in [0, 0.1) is 5.41 Å². The van der Waals surface area contributed by atoms with Crippen molar-refractivity contribution in [2.45, 2.75) is 58.2 Å².